The monoisotopic (exact) mass is 314 g/mol. The summed E-state index contributed by atoms with van der Waals surface area (Å²) in [7, 11) is 0. The lowest BCUT2D eigenvalue weighted by molar-refractivity contribution is 0.248. The molecule has 2 aromatic heterocycles. The van der Waals surface area contributed by atoms with Gasteiger partial charge in [0.2, 0.25) is 0 Å². The number of nitrogens with zero attached hydrogens (tertiary/aromatic N) is 3. The Kier molecular flexibility index (Phi) is 4.86. The fraction of sp³-hybridized carbons (Fsp3) is 0.444. The Morgan fingerprint density at radius 2 is 2.04 bits per heavy atom. The zero-order valence-corrected chi connectivity index (χ0v) is 13.7. The van der Waals surface area contributed by atoms with Gasteiger partial charge in [0.05, 0.1) is 11.9 Å². The second-order valence-electron chi connectivity index (χ2n) is 6.28. The van der Waals surface area contributed by atoms with E-state index in [4.69, 9.17) is 0 Å². The van der Waals surface area contributed by atoms with Gasteiger partial charge in [-0.15, -0.1) is 0 Å². The van der Waals surface area contributed by atoms with E-state index in [2.05, 4.69) is 26.3 Å². The van der Waals surface area contributed by atoms with E-state index in [1.807, 2.05) is 44.4 Å². The first-order valence-corrected chi connectivity index (χ1v) is 8.07. The Hall–Kier alpha value is -2.01. The van der Waals surface area contributed by atoms with Gasteiger partial charge in [-0.25, -0.2) is 4.39 Å². The lowest BCUT2D eigenvalue weighted by Gasteiger charge is -2.36. The molecule has 3 heterocycles. The van der Waals surface area contributed by atoms with Crippen molar-refractivity contribution >= 4 is 5.69 Å². The van der Waals surface area contributed by atoms with Crippen molar-refractivity contribution in [2.45, 2.75) is 39.0 Å². The molecule has 1 N–H and O–H groups in total. The number of hydrogen-bond acceptors (Lipinski definition) is 4. The maximum atomic E-state index is 14.1. The molecule has 23 heavy (non-hydrogen) atoms. The Balaban J connectivity index is 1.62. The van der Waals surface area contributed by atoms with Gasteiger partial charge >= 0.3 is 0 Å². The van der Waals surface area contributed by atoms with Crippen molar-refractivity contribution < 1.29 is 4.39 Å². The van der Waals surface area contributed by atoms with Gasteiger partial charge in [-0.05, 0) is 50.1 Å². The number of pyridine rings is 2. The normalized spacial score (nSPS) is 21.4. The molecule has 1 saturated heterocycles. The molecule has 5 heteroatoms. The summed E-state index contributed by atoms with van der Waals surface area (Å²) in [5.74, 6) is 0. The third kappa shape index (κ3) is 4.26. The van der Waals surface area contributed by atoms with Crippen LogP contribution in [0.1, 0.15) is 23.4 Å². The van der Waals surface area contributed by atoms with Crippen molar-refractivity contribution in [3.63, 3.8) is 0 Å². The van der Waals surface area contributed by atoms with Crippen molar-refractivity contribution in [1.29, 1.82) is 0 Å². The summed E-state index contributed by atoms with van der Waals surface area (Å²) in [6.45, 7) is 5.92. The molecular weight excluding hydrogens is 291 g/mol. The lowest BCUT2D eigenvalue weighted by Crippen LogP contribution is -2.50. The molecule has 0 aliphatic carbocycles. The minimum atomic E-state index is -0.818. The van der Waals surface area contributed by atoms with Crippen LogP contribution in [0, 0.1) is 13.8 Å². The number of piperidine rings is 1. The van der Waals surface area contributed by atoms with Gasteiger partial charge in [-0.3, -0.25) is 9.97 Å². The summed E-state index contributed by atoms with van der Waals surface area (Å²) in [5.41, 5.74) is 4.15. The molecule has 1 aliphatic heterocycles. The second kappa shape index (κ2) is 7.04. The Morgan fingerprint density at radius 1 is 1.17 bits per heavy atom. The third-order valence-corrected chi connectivity index (χ3v) is 4.22. The van der Waals surface area contributed by atoms with Crippen molar-refractivity contribution in [3.8, 4) is 0 Å². The highest BCUT2D eigenvalue weighted by molar-refractivity contribution is 5.45. The molecule has 0 spiro atoms. The summed E-state index contributed by atoms with van der Waals surface area (Å²) >= 11 is 0. The molecule has 0 bridgehead atoms. The van der Waals surface area contributed by atoms with Crippen LogP contribution in [0.25, 0.3) is 0 Å². The molecule has 3 rings (SSSR count). The quantitative estimate of drug-likeness (QED) is 0.942. The first-order chi connectivity index (χ1) is 11.1. The standard InChI is InChI=1S/C18H23FN4/c1-13-3-4-18(10-21-13)23-11-16(19)8-17(12-23)22-9-15-5-6-20-14(2)7-15/h3-7,10,16-17,22H,8-9,11-12H2,1-2H3/t16-,17-/m0/s1. The summed E-state index contributed by atoms with van der Waals surface area (Å²) in [6, 6.07) is 8.18. The number of halogens is 1. The third-order valence-electron chi connectivity index (χ3n) is 4.22. The Morgan fingerprint density at radius 3 is 2.78 bits per heavy atom. The van der Waals surface area contributed by atoms with Crippen LogP contribution in [-0.4, -0.2) is 35.3 Å². The van der Waals surface area contributed by atoms with E-state index in [1.54, 1.807) is 0 Å². The Labute approximate surface area is 136 Å². The molecule has 0 aromatic carbocycles. The fourth-order valence-electron chi connectivity index (χ4n) is 3.02. The average molecular weight is 314 g/mol. The van der Waals surface area contributed by atoms with E-state index >= 15 is 0 Å². The molecule has 0 unspecified atom stereocenters. The molecule has 0 amide bonds. The summed E-state index contributed by atoms with van der Waals surface area (Å²) in [5, 5.41) is 3.48. The van der Waals surface area contributed by atoms with E-state index in [1.165, 1.54) is 5.56 Å². The molecule has 2 atom stereocenters. The van der Waals surface area contributed by atoms with Crippen LogP contribution < -0.4 is 10.2 Å². The summed E-state index contributed by atoms with van der Waals surface area (Å²) < 4.78 is 14.1. The maximum absolute atomic E-state index is 14.1. The van der Waals surface area contributed by atoms with Gasteiger partial charge in [0.25, 0.3) is 0 Å². The number of rotatable bonds is 4. The van der Waals surface area contributed by atoms with Gasteiger partial charge < -0.3 is 10.2 Å². The molecular formula is C18H23FN4. The number of nitrogens with one attached hydrogen (secondary N) is 1. The van der Waals surface area contributed by atoms with Gasteiger partial charge in [0.1, 0.15) is 6.17 Å². The van der Waals surface area contributed by atoms with Gasteiger partial charge in [0.15, 0.2) is 0 Å². The SMILES string of the molecule is Cc1ccc(N2C[C@@H](F)C[C@H](NCc3ccnc(C)c3)C2)cn1. The molecule has 2 aromatic rings. The highest BCUT2D eigenvalue weighted by Gasteiger charge is 2.27. The lowest BCUT2D eigenvalue weighted by atomic mass is 10.0. The van der Waals surface area contributed by atoms with Crippen LogP contribution in [0.2, 0.25) is 0 Å². The van der Waals surface area contributed by atoms with Crippen LogP contribution >= 0.6 is 0 Å². The number of aromatic nitrogens is 2. The fourth-order valence-corrected chi connectivity index (χ4v) is 3.02. The summed E-state index contributed by atoms with van der Waals surface area (Å²) in [6.07, 6.45) is 3.38. The first kappa shape index (κ1) is 15.9. The maximum Gasteiger partial charge on any atom is 0.119 e. The molecule has 1 fully saturated rings. The molecule has 122 valence electrons. The van der Waals surface area contributed by atoms with Crippen molar-refractivity contribution in [3.05, 3.63) is 53.6 Å². The topological polar surface area (TPSA) is 41.0 Å². The zero-order chi connectivity index (χ0) is 16.2. The molecule has 0 saturated carbocycles. The van der Waals surface area contributed by atoms with Crippen molar-refractivity contribution in [1.82, 2.24) is 15.3 Å². The number of aryl methyl sites for hydroxylation is 2. The smallest absolute Gasteiger partial charge is 0.119 e. The highest BCUT2D eigenvalue weighted by atomic mass is 19.1. The van der Waals surface area contributed by atoms with Crippen molar-refractivity contribution in [2.24, 2.45) is 0 Å². The van der Waals surface area contributed by atoms with E-state index in [9.17, 15) is 4.39 Å². The number of anilines is 1. The second-order valence-corrected chi connectivity index (χ2v) is 6.28. The summed E-state index contributed by atoms with van der Waals surface area (Å²) in [4.78, 5) is 10.6. The van der Waals surface area contributed by atoms with Crippen molar-refractivity contribution in [2.75, 3.05) is 18.0 Å². The van der Waals surface area contributed by atoms with Crippen LogP contribution in [0.3, 0.4) is 0 Å². The molecule has 0 radical (unpaired) electrons. The van der Waals surface area contributed by atoms with Crippen LogP contribution in [-0.2, 0) is 6.54 Å². The van der Waals surface area contributed by atoms with E-state index in [-0.39, 0.29) is 6.04 Å². The average Bonchev–Trinajstić information content (AvgIpc) is 2.53. The van der Waals surface area contributed by atoms with Gasteiger partial charge in [-0.1, -0.05) is 0 Å². The van der Waals surface area contributed by atoms with E-state index in [0.717, 1.165) is 30.2 Å². The molecule has 4 nitrogen and oxygen atoms in total. The predicted molar refractivity (Wildman–Crippen MR) is 90.3 cm³/mol. The molecule has 1 aliphatic rings. The van der Waals surface area contributed by atoms with E-state index in [0.29, 0.717) is 13.0 Å². The highest BCUT2D eigenvalue weighted by Crippen LogP contribution is 2.21. The van der Waals surface area contributed by atoms with Crippen LogP contribution in [0.15, 0.2) is 36.7 Å². The minimum absolute atomic E-state index is 0.133. The predicted octanol–water partition coefficient (Wildman–Crippen LogP) is 2.80. The van der Waals surface area contributed by atoms with Crippen LogP contribution in [0.5, 0.6) is 0 Å². The number of hydrogen-bond donors (Lipinski definition) is 1. The van der Waals surface area contributed by atoms with Gasteiger partial charge in [0, 0.05) is 43.3 Å². The number of alkyl halides is 1. The minimum Gasteiger partial charge on any atom is -0.366 e. The largest absolute Gasteiger partial charge is 0.366 e. The van der Waals surface area contributed by atoms with Crippen LogP contribution in [0.4, 0.5) is 10.1 Å². The zero-order valence-electron chi connectivity index (χ0n) is 13.7. The Bertz CT molecular complexity index is 644. The van der Waals surface area contributed by atoms with Gasteiger partial charge in [-0.2, -0.15) is 0 Å². The first-order valence-electron chi connectivity index (χ1n) is 8.07. The van der Waals surface area contributed by atoms with E-state index < -0.39 is 6.17 Å².